The SMILES string of the molecule is O=C(CCc1ncn[nH]1)Nc1ncc(C2CCNCC2)s1. The van der Waals surface area contributed by atoms with Crippen LogP contribution in [0.25, 0.3) is 0 Å². The summed E-state index contributed by atoms with van der Waals surface area (Å²) < 4.78 is 0. The molecule has 0 bridgehead atoms. The normalized spacial score (nSPS) is 16.0. The maximum Gasteiger partial charge on any atom is 0.226 e. The molecule has 1 amide bonds. The summed E-state index contributed by atoms with van der Waals surface area (Å²) in [6.45, 7) is 2.11. The Bertz CT molecular complexity index is 575. The summed E-state index contributed by atoms with van der Waals surface area (Å²) in [5.74, 6) is 1.25. The van der Waals surface area contributed by atoms with Gasteiger partial charge in [-0.15, -0.1) is 11.3 Å². The molecular formula is C13H18N6OS. The Morgan fingerprint density at radius 2 is 2.24 bits per heavy atom. The molecule has 0 radical (unpaired) electrons. The number of carbonyl (C=O) groups is 1. The van der Waals surface area contributed by atoms with Gasteiger partial charge in [-0.3, -0.25) is 9.89 Å². The second-order valence-electron chi connectivity index (χ2n) is 5.07. The van der Waals surface area contributed by atoms with Gasteiger partial charge in [0.2, 0.25) is 5.91 Å². The number of nitrogens with zero attached hydrogens (tertiary/aromatic N) is 3. The smallest absolute Gasteiger partial charge is 0.226 e. The molecule has 2 aromatic heterocycles. The molecular weight excluding hydrogens is 288 g/mol. The Morgan fingerprint density at radius 1 is 1.38 bits per heavy atom. The number of aryl methyl sites for hydroxylation is 1. The third-order valence-electron chi connectivity index (χ3n) is 3.57. The zero-order valence-corrected chi connectivity index (χ0v) is 12.4. The van der Waals surface area contributed by atoms with Crippen molar-refractivity contribution in [2.24, 2.45) is 0 Å². The molecule has 1 aliphatic heterocycles. The van der Waals surface area contributed by atoms with E-state index in [0.717, 1.165) is 31.8 Å². The predicted molar refractivity (Wildman–Crippen MR) is 80.3 cm³/mol. The van der Waals surface area contributed by atoms with Crippen LogP contribution in [0, 0.1) is 0 Å². The predicted octanol–water partition coefficient (Wildman–Crippen LogP) is 1.30. The van der Waals surface area contributed by atoms with E-state index in [0.29, 0.717) is 23.9 Å². The van der Waals surface area contributed by atoms with E-state index in [9.17, 15) is 4.79 Å². The number of amides is 1. The van der Waals surface area contributed by atoms with Gasteiger partial charge in [-0.05, 0) is 31.8 Å². The Kier molecular flexibility index (Phi) is 4.56. The van der Waals surface area contributed by atoms with E-state index in [1.165, 1.54) is 11.2 Å². The highest BCUT2D eigenvalue weighted by Crippen LogP contribution is 2.31. The first-order valence-corrected chi connectivity index (χ1v) is 7.93. The number of nitrogens with one attached hydrogen (secondary N) is 3. The molecule has 0 aromatic carbocycles. The van der Waals surface area contributed by atoms with Gasteiger partial charge in [-0.2, -0.15) is 5.10 Å². The van der Waals surface area contributed by atoms with Crippen molar-refractivity contribution in [3.63, 3.8) is 0 Å². The molecule has 0 aliphatic carbocycles. The topological polar surface area (TPSA) is 95.6 Å². The van der Waals surface area contributed by atoms with Crippen LogP contribution in [-0.2, 0) is 11.2 Å². The molecule has 0 unspecified atom stereocenters. The van der Waals surface area contributed by atoms with Crippen LogP contribution in [0.4, 0.5) is 5.13 Å². The minimum Gasteiger partial charge on any atom is -0.317 e. The first-order valence-electron chi connectivity index (χ1n) is 7.12. The molecule has 21 heavy (non-hydrogen) atoms. The summed E-state index contributed by atoms with van der Waals surface area (Å²) in [6, 6.07) is 0. The summed E-state index contributed by atoms with van der Waals surface area (Å²) in [5, 5.41) is 13.4. The lowest BCUT2D eigenvalue weighted by Gasteiger charge is -2.20. The fourth-order valence-corrected chi connectivity index (χ4v) is 3.41. The summed E-state index contributed by atoms with van der Waals surface area (Å²) in [7, 11) is 0. The van der Waals surface area contributed by atoms with Crippen LogP contribution in [0.5, 0.6) is 0 Å². The number of H-pyrrole nitrogens is 1. The molecule has 7 nitrogen and oxygen atoms in total. The van der Waals surface area contributed by atoms with Crippen LogP contribution in [-0.4, -0.2) is 39.2 Å². The number of aromatic amines is 1. The van der Waals surface area contributed by atoms with Crippen molar-refractivity contribution in [1.29, 1.82) is 0 Å². The summed E-state index contributed by atoms with van der Waals surface area (Å²) in [6.07, 6.45) is 6.55. The molecule has 0 saturated carbocycles. The second kappa shape index (κ2) is 6.77. The average Bonchev–Trinajstić information content (AvgIpc) is 3.17. The molecule has 1 saturated heterocycles. The highest BCUT2D eigenvalue weighted by Gasteiger charge is 2.18. The molecule has 112 valence electrons. The lowest BCUT2D eigenvalue weighted by atomic mass is 9.97. The number of hydrogen-bond acceptors (Lipinski definition) is 6. The van der Waals surface area contributed by atoms with Crippen LogP contribution in [0.1, 0.15) is 35.9 Å². The van der Waals surface area contributed by atoms with Crippen LogP contribution in [0.3, 0.4) is 0 Å². The van der Waals surface area contributed by atoms with Crippen LogP contribution >= 0.6 is 11.3 Å². The standard InChI is InChI=1S/C13H18N6OS/c20-12(2-1-11-16-8-17-19-11)18-13-15-7-10(21-13)9-3-5-14-6-4-9/h7-9,14H,1-6H2,(H,15,18,20)(H,16,17,19). The molecule has 0 spiro atoms. The highest BCUT2D eigenvalue weighted by molar-refractivity contribution is 7.15. The van der Waals surface area contributed by atoms with E-state index >= 15 is 0 Å². The molecule has 8 heteroatoms. The van der Waals surface area contributed by atoms with Crippen LogP contribution in [0.2, 0.25) is 0 Å². The number of thiazole rings is 1. The van der Waals surface area contributed by atoms with Gasteiger partial charge in [-0.1, -0.05) is 0 Å². The van der Waals surface area contributed by atoms with Gasteiger partial charge in [0.15, 0.2) is 5.13 Å². The van der Waals surface area contributed by atoms with Gasteiger partial charge < -0.3 is 10.6 Å². The van der Waals surface area contributed by atoms with E-state index in [-0.39, 0.29) is 5.91 Å². The number of hydrogen-bond donors (Lipinski definition) is 3. The highest BCUT2D eigenvalue weighted by atomic mass is 32.1. The molecule has 1 aliphatic rings. The molecule has 2 aromatic rings. The average molecular weight is 306 g/mol. The number of carbonyl (C=O) groups excluding carboxylic acids is 1. The molecule has 3 N–H and O–H groups in total. The fourth-order valence-electron chi connectivity index (χ4n) is 2.40. The Labute approximate surface area is 126 Å². The maximum absolute atomic E-state index is 11.9. The maximum atomic E-state index is 11.9. The number of aromatic nitrogens is 4. The first kappa shape index (κ1) is 14.2. The third kappa shape index (κ3) is 3.85. The van der Waals surface area contributed by atoms with Crippen molar-refractivity contribution in [3.8, 4) is 0 Å². The van der Waals surface area contributed by atoms with Gasteiger partial charge >= 0.3 is 0 Å². The van der Waals surface area contributed by atoms with E-state index < -0.39 is 0 Å². The number of rotatable bonds is 5. The van der Waals surface area contributed by atoms with Gasteiger partial charge in [0, 0.05) is 23.9 Å². The van der Waals surface area contributed by atoms with Crippen LogP contribution in [0.15, 0.2) is 12.5 Å². The van der Waals surface area contributed by atoms with Gasteiger partial charge in [0.25, 0.3) is 0 Å². The molecule has 3 heterocycles. The monoisotopic (exact) mass is 306 g/mol. The van der Waals surface area contributed by atoms with Gasteiger partial charge in [0.1, 0.15) is 12.2 Å². The summed E-state index contributed by atoms with van der Waals surface area (Å²) in [5.41, 5.74) is 0. The minimum atomic E-state index is -0.0439. The Balaban J connectivity index is 1.50. The van der Waals surface area contributed by atoms with Crippen molar-refractivity contribution in [1.82, 2.24) is 25.5 Å². The van der Waals surface area contributed by atoms with Crippen molar-refractivity contribution in [2.75, 3.05) is 18.4 Å². The third-order valence-corrected chi connectivity index (χ3v) is 4.64. The van der Waals surface area contributed by atoms with Crippen LogP contribution < -0.4 is 10.6 Å². The summed E-state index contributed by atoms with van der Waals surface area (Å²) >= 11 is 1.58. The lowest BCUT2D eigenvalue weighted by molar-refractivity contribution is -0.116. The van der Waals surface area contributed by atoms with E-state index in [1.54, 1.807) is 11.3 Å². The quantitative estimate of drug-likeness (QED) is 0.774. The first-order chi connectivity index (χ1) is 10.3. The largest absolute Gasteiger partial charge is 0.317 e. The Hall–Kier alpha value is -1.80. The Morgan fingerprint density at radius 3 is 3.00 bits per heavy atom. The number of piperidine rings is 1. The molecule has 1 fully saturated rings. The van der Waals surface area contributed by atoms with E-state index in [2.05, 4.69) is 30.8 Å². The minimum absolute atomic E-state index is 0.0439. The van der Waals surface area contributed by atoms with Gasteiger partial charge in [-0.25, -0.2) is 9.97 Å². The van der Waals surface area contributed by atoms with Crippen molar-refractivity contribution in [3.05, 3.63) is 23.2 Å². The zero-order chi connectivity index (χ0) is 14.5. The fraction of sp³-hybridized carbons (Fsp3) is 0.538. The van der Waals surface area contributed by atoms with Gasteiger partial charge in [0.05, 0.1) is 0 Å². The van der Waals surface area contributed by atoms with E-state index in [4.69, 9.17) is 0 Å². The second-order valence-corrected chi connectivity index (χ2v) is 6.13. The van der Waals surface area contributed by atoms with Crippen molar-refractivity contribution >= 4 is 22.4 Å². The number of anilines is 1. The molecule has 0 atom stereocenters. The van der Waals surface area contributed by atoms with Crippen molar-refractivity contribution < 1.29 is 4.79 Å². The summed E-state index contributed by atoms with van der Waals surface area (Å²) in [4.78, 5) is 21.4. The lowest BCUT2D eigenvalue weighted by Crippen LogP contribution is -2.26. The van der Waals surface area contributed by atoms with Crippen molar-refractivity contribution in [2.45, 2.75) is 31.6 Å². The van der Waals surface area contributed by atoms with E-state index in [1.807, 2.05) is 6.20 Å². The zero-order valence-electron chi connectivity index (χ0n) is 11.6. The molecule has 3 rings (SSSR count).